The minimum Gasteiger partial charge on any atom is -0.481 e. The second kappa shape index (κ2) is 7.35. The molecule has 1 aromatic rings. The maximum atomic E-state index is 13.6. The molecule has 0 aromatic heterocycles. The second-order valence-corrected chi connectivity index (χ2v) is 5.06. The maximum absolute atomic E-state index is 13.6. The normalized spacial score (nSPS) is 18.0. The van der Waals surface area contributed by atoms with Gasteiger partial charge >= 0.3 is 5.97 Å². The number of benzene rings is 1. The van der Waals surface area contributed by atoms with E-state index in [9.17, 15) is 18.4 Å². The topological polar surface area (TPSA) is 57.6 Å². The number of nitrogens with zero attached hydrogens (tertiary/aromatic N) is 1. The van der Waals surface area contributed by atoms with Crippen LogP contribution in [0.15, 0.2) is 24.3 Å². The highest BCUT2D eigenvalue weighted by Gasteiger charge is 2.30. The van der Waals surface area contributed by atoms with Gasteiger partial charge in [-0.3, -0.25) is 9.59 Å². The Morgan fingerprint density at radius 2 is 2.05 bits per heavy atom. The average molecular weight is 332 g/mol. The molecule has 1 atom stereocenters. The molecule has 4 nitrogen and oxygen atoms in total. The first-order valence-electron chi connectivity index (χ1n) is 6.54. The van der Waals surface area contributed by atoms with Crippen LogP contribution < -0.4 is 0 Å². The summed E-state index contributed by atoms with van der Waals surface area (Å²) >= 11 is 0. The van der Waals surface area contributed by atoms with E-state index in [4.69, 9.17) is 5.11 Å². The molecule has 1 fully saturated rings. The number of rotatable bonds is 3. The smallest absolute Gasteiger partial charge is 0.308 e. The van der Waals surface area contributed by atoms with Gasteiger partial charge in [-0.25, -0.2) is 8.78 Å². The molecule has 0 spiro atoms. The fourth-order valence-corrected chi connectivity index (χ4v) is 2.33. The Hall–Kier alpha value is -1.95. The number of halogens is 3. The van der Waals surface area contributed by atoms with E-state index in [2.05, 4.69) is 0 Å². The molecule has 7 heteroatoms. The number of hydrogen-bond acceptors (Lipinski definition) is 2. The first-order chi connectivity index (χ1) is 9.88. The highest BCUT2D eigenvalue weighted by molar-refractivity contribution is 5.95. The molecule has 0 saturated carbocycles. The average Bonchev–Trinajstić information content (AvgIpc) is 2.88. The summed E-state index contributed by atoms with van der Waals surface area (Å²) in [4.78, 5) is 24.3. The number of allylic oxidation sites excluding steroid dienone is 1. The number of likely N-dealkylation sites (tertiary alicyclic amines) is 1. The third-order valence-electron chi connectivity index (χ3n) is 3.55. The largest absolute Gasteiger partial charge is 0.481 e. The van der Waals surface area contributed by atoms with Crippen LogP contribution in [0.4, 0.5) is 8.78 Å². The Morgan fingerprint density at radius 1 is 1.36 bits per heavy atom. The molecular weight excluding hydrogens is 316 g/mol. The third kappa shape index (κ3) is 4.04. The number of hydrogen-bond donors (Lipinski definition) is 1. The predicted molar refractivity (Wildman–Crippen MR) is 79.6 cm³/mol. The Balaban J connectivity index is 0.00000242. The van der Waals surface area contributed by atoms with Gasteiger partial charge < -0.3 is 10.0 Å². The summed E-state index contributed by atoms with van der Waals surface area (Å²) in [6.07, 6.45) is 1.67. The van der Waals surface area contributed by atoms with Crippen molar-refractivity contribution in [2.24, 2.45) is 5.92 Å². The van der Waals surface area contributed by atoms with Crippen molar-refractivity contribution in [3.63, 3.8) is 0 Å². The van der Waals surface area contributed by atoms with Crippen molar-refractivity contribution in [1.29, 1.82) is 0 Å². The summed E-state index contributed by atoms with van der Waals surface area (Å²) < 4.78 is 26.5. The fourth-order valence-electron chi connectivity index (χ4n) is 2.33. The number of carbonyl (C=O) groups excluding carboxylic acids is 1. The van der Waals surface area contributed by atoms with Crippen LogP contribution in [0.5, 0.6) is 0 Å². The Bertz CT molecular complexity index is 619. The zero-order valence-corrected chi connectivity index (χ0v) is 12.7. The summed E-state index contributed by atoms with van der Waals surface area (Å²) in [5, 5.41) is 8.90. The van der Waals surface area contributed by atoms with Crippen LogP contribution >= 0.6 is 12.4 Å². The second-order valence-electron chi connectivity index (χ2n) is 5.06. The maximum Gasteiger partial charge on any atom is 0.308 e. The molecule has 2 rings (SSSR count). The zero-order chi connectivity index (χ0) is 15.6. The van der Waals surface area contributed by atoms with Crippen molar-refractivity contribution in [2.75, 3.05) is 13.1 Å². The van der Waals surface area contributed by atoms with Crippen molar-refractivity contribution >= 4 is 29.9 Å². The molecule has 22 heavy (non-hydrogen) atoms. The Morgan fingerprint density at radius 3 is 2.59 bits per heavy atom. The molecule has 1 heterocycles. The molecular formula is C15H16ClF2NO3. The predicted octanol–water partition coefficient (Wildman–Crippen LogP) is 2.72. The minimum absolute atomic E-state index is 0. The van der Waals surface area contributed by atoms with Crippen LogP contribution in [-0.4, -0.2) is 35.0 Å². The van der Waals surface area contributed by atoms with Crippen LogP contribution in [-0.2, 0) is 9.59 Å². The van der Waals surface area contributed by atoms with E-state index in [0.29, 0.717) is 18.5 Å². The van der Waals surface area contributed by atoms with E-state index in [0.717, 1.165) is 12.1 Å². The lowest BCUT2D eigenvalue weighted by Gasteiger charge is -2.14. The number of carboxylic acid groups (broad SMARTS) is 1. The van der Waals surface area contributed by atoms with Gasteiger partial charge in [-0.15, -0.1) is 12.4 Å². The first-order valence-corrected chi connectivity index (χ1v) is 6.54. The lowest BCUT2D eigenvalue weighted by Crippen LogP contribution is -2.28. The molecule has 1 unspecified atom stereocenters. The molecule has 0 bridgehead atoms. The van der Waals surface area contributed by atoms with Gasteiger partial charge in [-0.2, -0.15) is 0 Å². The summed E-state index contributed by atoms with van der Waals surface area (Å²) in [5.41, 5.74) is 0.523. The van der Waals surface area contributed by atoms with Crippen molar-refractivity contribution in [1.82, 2.24) is 4.90 Å². The van der Waals surface area contributed by atoms with Crippen LogP contribution in [0, 0.1) is 17.6 Å². The third-order valence-corrected chi connectivity index (χ3v) is 3.55. The van der Waals surface area contributed by atoms with E-state index in [1.165, 1.54) is 17.0 Å². The van der Waals surface area contributed by atoms with Gasteiger partial charge in [0.1, 0.15) is 11.6 Å². The molecule has 0 aliphatic carbocycles. The van der Waals surface area contributed by atoms with Crippen LogP contribution in [0.3, 0.4) is 0 Å². The SMILES string of the molecule is C/C(=C\C(=O)N1CCC(C(=O)O)C1)c1ccc(F)cc1F.Cl. The van der Waals surface area contributed by atoms with Crippen molar-refractivity contribution in [3.05, 3.63) is 41.5 Å². The summed E-state index contributed by atoms with van der Waals surface area (Å²) in [7, 11) is 0. The Kier molecular flexibility index (Phi) is 6.05. The zero-order valence-electron chi connectivity index (χ0n) is 11.9. The molecule has 1 amide bonds. The van der Waals surface area contributed by atoms with Gasteiger partial charge in [0.2, 0.25) is 5.91 Å². The molecule has 1 aliphatic rings. The Labute approximate surface area is 132 Å². The quantitative estimate of drug-likeness (QED) is 0.866. The summed E-state index contributed by atoms with van der Waals surface area (Å²) in [5.74, 6) is -3.25. The van der Waals surface area contributed by atoms with E-state index in [-0.39, 0.29) is 30.4 Å². The van der Waals surface area contributed by atoms with Crippen LogP contribution in [0.25, 0.3) is 5.57 Å². The molecule has 1 aliphatic heterocycles. The summed E-state index contributed by atoms with van der Waals surface area (Å²) in [6, 6.07) is 3.15. The molecule has 0 radical (unpaired) electrons. The number of carboxylic acids is 1. The van der Waals surface area contributed by atoms with Crippen LogP contribution in [0.1, 0.15) is 18.9 Å². The van der Waals surface area contributed by atoms with Gasteiger partial charge in [-0.1, -0.05) is 0 Å². The van der Waals surface area contributed by atoms with E-state index in [1.807, 2.05) is 0 Å². The van der Waals surface area contributed by atoms with E-state index >= 15 is 0 Å². The van der Waals surface area contributed by atoms with E-state index in [1.54, 1.807) is 6.92 Å². The van der Waals surface area contributed by atoms with Gasteiger partial charge in [-0.05, 0) is 31.1 Å². The van der Waals surface area contributed by atoms with Gasteiger partial charge in [0.15, 0.2) is 0 Å². The van der Waals surface area contributed by atoms with Gasteiger partial charge in [0, 0.05) is 30.8 Å². The number of amides is 1. The van der Waals surface area contributed by atoms with Crippen LogP contribution in [0.2, 0.25) is 0 Å². The molecule has 1 aromatic carbocycles. The first kappa shape index (κ1) is 18.1. The van der Waals surface area contributed by atoms with Gasteiger partial charge in [0.05, 0.1) is 5.92 Å². The molecule has 120 valence electrons. The van der Waals surface area contributed by atoms with Crippen molar-refractivity contribution in [2.45, 2.75) is 13.3 Å². The van der Waals surface area contributed by atoms with Crippen molar-refractivity contribution in [3.8, 4) is 0 Å². The lowest BCUT2D eigenvalue weighted by atomic mass is 10.1. The highest BCUT2D eigenvalue weighted by atomic mass is 35.5. The van der Waals surface area contributed by atoms with Gasteiger partial charge in [0.25, 0.3) is 0 Å². The minimum atomic E-state index is -0.921. The van der Waals surface area contributed by atoms with E-state index < -0.39 is 23.5 Å². The molecule has 1 N–H and O–H groups in total. The monoisotopic (exact) mass is 331 g/mol. The molecule has 1 saturated heterocycles. The number of aliphatic carboxylic acids is 1. The summed E-state index contributed by atoms with van der Waals surface area (Å²) in [6.45, 7) is 2.08. The highest BCUT2D eigenvalue weighted by Crippen LogP contribution is 2.21. The lowest BCUT2D eigenvalue weighted by molar-refractivity contribution is -0.141. The number of carbonyl (C=O) groups is 2. The fraction of sp³-hybridized carbons (Fsp3) is 0.333. The standard InChI is InChI=1S/C15H15F2NO3.ClH/c1-9(12-3-2-11(16)7-13(12)17)6-14(19)18-5-4-10(8-18)15(20)21;/h2-3,6-7,10H,4-5,8H2,1H3,(H,20,21);1H/b9-6+;. The van der Waals surface area contributed by atoms with Crippen molar-refractivity contribution < 1.29 is 23.5 Å².